The van der Waals surface area contributed by atoms with Crippen LogP contribution in [0.4, 0.5) is 0 Å². The summed E-state index contributed by atoms with van der Waals surface area (Å²) in [5.41, 5.74) is 0.135. The fourth-order valence-electron chi connectivity index (χ4n) is 1.20. The Bertz CT molecular complexity index is 536. The Morgan fingerprint density at radius 3 is 1.10 bits per heavy atom. The van der Waals surface area contributed by atoms with Crippen molar-refractivity contribution in [2.24, 2.45) is 0 Å². The molecule has 104 valence electrons. The van der Waals surface area contributed by atoms with Gasteiger partial charge in [-0.05, 0) is 59.7 Å². The average molecular weight is 314 g/mol. The normalized spacial score (nSPS) is 8.76. The van der Waals surface area contributed by atoms with Gasteiger partial charge in [0.15, 0.2) is 0 Å². The molecule has 0 aliphatic carbocycles. The van der Waals surface area contributed by atoms with Crippen LogP contribution in [0.1, 0.15) is 20.7 Å². The molecule has 7 heteroatoms. The van der Waals surface area contributed by atoms with Crippen molar-refractivity contribution in [3.63, 3.8) is 0 Å². The van der Waals surface area contributed by atoms with E-state index in [2.05, 4.69) is 0 Å². The van der Waals surface area contributed by atoms with Crippen LogP contribution in [0.15, 0.2) is 48.5 Å². The first-order valence-corrected chi connectivity index (χ1v) is 5.41. The van der Waals surface area contributed by atoms with Gasteiger partial charge in [-0.3, -0.25) is 0 Å². The molecule has 2 aromatic rings. The van der Waals surface area contributed by atoms with Crippen molar-refractivity contribution in [3.8, 4) is 11.5 Å². The molecule has 2 aromatic carbocycles. The van der Waals surface area contributed by atoms with E-state index in [4.69, 9.17) is 10.2 Å². The molecule has 0 aliphatic heterocycles. The molecule has 0 fully saturated rings. The van der Waals surface area contributed by atoms with Crippen molar-refractivity contribution in [1.82, 2.24) is 0 Å². The molecule has 21 heavy (non-hydrogen) atoms. The van der Waals surface area contributed by atoms with E-state index in [0.29, 0.717) is 0 Å². The second kappa shape index (κ2) is 9.23. The van der Waals surface area contributed by atoms with Gasteiger partial charge >= 0.3 is 37.7 Å². The molecule has 0 unspecified atom stereocenters. The van der Waals surface area contributed by atoms with Gasteiger partial charge in [0.1, 0.15) is 11.5 Å². The first-order chi connectivity index (χ1) is 9.40. The van der Waals surface area contributed by atoms with Crippen LogP contribution in [0.5, 0.6) is 11.5 Å². The monoisotopic (exact) mass is 314 g/mol. The minimum Gasteiger partial charge on any atom is -0.545 e. The molecule has 0 saturated heterocycles. The van der Waals surface area contributed by atoms with Crippen molar-refractivity contribution < 1.29 is 30.0 Å². The maximum absolute atomic E-state index is 10.1. The summed E-state index contributed by atoms with van der Waals surface area (Å²) in [7, 11) is 0. The van der Waals surface area contributed by atoms with Crippen molar-refractivity contribution in [3.05, 3.63) is 59.7 Å². The summed E-state index contributed by atoms with van der Waals surface area (Å²) in [6, 6.07) is 10.3. The second-order valence-corrected chi connectivity index (χ2v) is 3.67. The molecule has 2 rings (SSSR count). The number of rotatable bonds is 2. The predicted molar refractivity (Wildman–Crippen MR) is 70.6 cm³/mol. The van der Waals surface area contributed by atoms with Crippen molar-refractivity contribution >= 4 is 49.7 Å². The molecule has 6 nitrogen and oxygen atoms in total. The Kier molecular flexibility index (Phi) is 8.45. The standard InChI is InChI=1S/2C7H6O3.Ca/c2*8-6-3-1-5(2-4-6)7(9)10;/h2*1-4,8H,(H,9,10);/q;;+2/p-2. The largest absolute Gasteiger partial charge is 2.00 e. The summed E-state index contributed by atoms with van der Waals surface area (Å²) in [5, 5.41) is 37.7. The zero-order valence-electron chi connectivity index (χ0n) is 10.9. The minimum atomic E-state index is -1.24. The third-order valence-corrected chi connectivity index (χ3v) is 2.21. The van der Waals surface area contributed by atoms with Gasteiger partial charge < -0.3 is 30.0 Å². The molecule has 0 radical (unpaired) electrons. The van der Waals surface area contributed by atoms with Gasteiger partial charge in [0.2, 0.25) is 0 Å². The van der Waals surface area contributed by atoms with E-state index in [0.717, 1.165) is 0 Å². The van der Waals surface area contributed by atoms with Crippen molar-refractivity contribution in [2.45, 2.75) is 0 Å². The zero-order chi connectivity index (χ0) is 15.1. The molecular formula is C14H10CaO6. The summed E-state index contributed by atoms with van der Waals surface area (Å²) >= 11 is 0. The predicted octanol–water partition coefficient (Wildman–Crippen LogP) is -0.869. The second-order valence-electron chi connectivity index (χ2n) is 3.67. The number of hydrogen-bond acceptors (Lipinski definition) is 6. The number of aromatic hydroxyl groups is 2. The van der Waals surface area contributed by atoms with Crippen LogP contribution in [0.25, 0.3) is 0 Å². The molecule has 0 aromatic heterocycles. The summed E-state index contributed by atoms with van der Waals surface area (Å²) in [6.45, 7) is 0. The van der Waals surface area contributed by atoms with E-state index in [1.807, 2.05) is 0 Å². The van der Waals surface area contributed by atoms with E-state index in [9.17, 15) is 19.8 Å². The molecule has 0 bridgehead atoms. The summed E-state index contributed by atoms with van der Waals surface area (Å²) in [4.78, 5) is 20.2. The number of aromatic carboxylic acids is 2. The Hall–Kier alpha value is -1.76. The van der Waals surface area contributed by atoms with Gasteiger partial charge in [0.05, 0.1) is 11.9 Å². The van der Waals surface area contributed by atoms with Crippen LogP contribution in [-0.2, 0) is 0 Å². The van der Waals surface area contributed by atoms with Crippen molar-refractivity contribution in [1.29, 1.82) is 0 Å². The van der Waals surface area contributed by atoms with Crippen LogP contribution >= 0.6 is 0 Å². The first kappa shape index (κ1) is 19.2. The van der Waals surface area contributed by atoms with Gasteiger partial charge in [0.25, 0.3) is 0 Å². The van der Waals surface area contributed by atoms with Gasteiger partial charge in [-0.25, -0.2) is 0 Å². The third kappa shape index (κ3) is 6.99. The smallest absolute Gasteiger partial charge is 0.545 e. The van der Waals surface area contributed by atoms with E-state index in [-0.39, 0.29) is 60.4 Å². The third-order valence-electron chi connectivity index (χ3n) is 2.21. The Labute approximate surface area is 150 Å². The Morgan fingerprint density at radius 2 is 0.905 bits per heavy atom. The van der Waals surface area contributed by atoms with E-state index in [1.54, 1.807) is 0 Å². The topological polar surface area (TPSA) is 121 Å². The fourth-order valence-corrected chi connectivity index (χ4v) is 1.20. The molecule has 2 N–H and O–H groups in total. The number of phenolic OH excluding ortho intramolecular Hbond substituents is 2. The van der Waals surface area contributed by atoms with E-state index >= 15 is 0 Å². The quantitative estimate of drug-likeness (QED) is 0.695. The molecule has 0 aliphatic rings. The van der Waals surface area contributed by atoms with Gasteiger partial charge in [-0.1, -0.05) is 0 Å². The molecule has 0 saturated carbocycles. The van der Waals surface area contributed by atoms with Crippen LogP contribution in [0, 0.1) is 0 Å². The van der Waals surface area contributed by atoms with Crippen LogP contribution < -0.4 is 10.2 Å². The number of hydrogen-bond donors (Lipinski definition) is 2. The van der Waals surface area contributed by atoms with Crippen LogP contribution in [0.3, 0.4) is 0 Å². The molecule has 0 spiro atoms. The van der Waals surface area contributed by atoms with Gasteiger partial charge in [-0.2, -0.15) is 0 Å². The fraction of sp³-hybridized carbons (Fsp3) is 0. The maximum Gasteiger partial charge on any atom is 2.00 e. The number of carbonyl (C=O) groups excluding carboxylic acids is 2. The average Bonchev–Trinajstić information content (AvgIpc) is 2.40. The van der Waals surface area contributed by atoms with Crippen molar-refractivity contribution in [2.75, 3.05) is 0 Å². The maximum atomic E-state index is 10.1. The Balaban J connectivity index is 0.000000364. The molecule has 0 amide bonds. The number of phenols is 2. The van der Waals surface area contributed by atoms with Crippen LogP contribution in [0.2, 0.25) is 0 Å². The van der Waals surface area contributed by atoms with Gasteiger partial charge in [-0.15, -0.1) is 0 Å². The summed E-state index contributed by atoms with van der Waals surface area (Å²) in [5.74, 6) is -2.38. The molecule has 0 heterocycles. The number of carbonyl (C=O) groups is 2. The minimum absolute atomic E-state index is 0. The Morgan fingerprint density at radius 1 is 0.667 bits per heavy atom. The first-order valence-electron chi connectivity index (χ1n) is 5.41. The summed E-state index contributed by atoms with van der Waals surface area (Å²) < 4.78 is 0. The van der Waals surface area contributed by atoms with Crippen LogP contribution in [-0.4, -0.2) is 59.9 Å². The SMILES string of the molecule is O=C([O-])c1ccc(O)cc1.O=C([O-])c1ccc(O)cc1.[Ca+2]. The van der Waals surface area contributed by atoms with E-state index in [1.165, 1.54) is 48.5 Å². The number of carboxylic acids is 2. The number of benzene rings is 2. The van der Waals surface area contributed by atoms with Gasteiger partial charge in [0, 0.05) is 0 Å². The zero-order valence-corrected chi connectivity index (χ0v) is 13.1. The molecule has 0 atom stereocenters. The molecular weight excluding hydrogens is 304 g/mol. The number of carboxylic acid groups (broad SMARTS) is 2. The summed E-state index contributed by atoms with van der Waals surface area (Å²) in [6.07, 6.45) is 0. The van der Waals surface area contributed by atoms with E-state index < -0.39 is 11.9 Å².